The summed E-state index contributed by atoms with van der Waals surface area (Å²) < 4.78 is 0. The highest BCUT2D eigenvalue weighted by atomic mass is 17.1. The lowest BCUT2D eigenvalue weighted by Crippen LogP contribution is -2.18. The largest absolute Gasteiger partial charge is 0.396 e. The van der Waals surface area contributed by atoms with Gasteiger partial charge in [-0.2, -0.15) is 0 Å². The molecule has 0 spiro atoms. The molecule has 0 aromatic rings. The van der Waals surface area contributed by atoms with E-state index in [1.54, 1.807) is 0 Å². The summed E-state index contributed by atoms with van der Waals surface area (Å²) in [6.45, 7) is 4.85. The van der Waals surface area contributed by atoms with Gasteiger partial charge in [0.25, 0.3) is 0 Å². The minimum absolute atomic E-state index is 0.0635. The monoisotopic (exact) mass is 190 g/mol. The number of rotatable bonds is 8. The average Bonchev–Trinajstić information content (AvgIpc) is 2.04. The van der Waals surface area contributed by atoms with E-state index in [4.69, 9.17) is 10.4 Å². The Morgan fingerprint density at radius 2 is 1.69 bits per heavy atom. The molecule has 0 aliphatic carbocycles. The topological polar surface area (TPSA) is 49.7 Å². The summed E-state index contributed by atoms with van der Waals surface area (Å²) in [5.41, 5.74) is 0.0635. The molecule has 0 aliphatic rings. The van der Waals surface area contributed by atoms with Gasteiger partial charge in [-0.3, -0.25) is 5.26 Å². The number of aliphatic hydroxyl groups is 1. The van der Waals surface area contributed by atoms with E-state index >= 15 is 0 Å². The summed E-state index contributed by atoms with van der Waals surface area (Å²) in [7, 11) is 0. The van der Waals surface area contributed by atoms with Crippen molar-refractivity contribution in [1.82, 2.24) is 0 Å². The fourth-order valence-corrected chi connectivity index (χ4v) is 1.32. The van der Waals surface area contributed by atoms with Gasteiger partial charge < -0.3 is 5.11 Å². The molecule has 0 atom stereocenters. The minimum Gasteiger partial charge on any atom is -0.396 e. The molecule has 80 valence electrons. The Hall–Kier alpha value is -0.120. The second-order valence-corrected chi connectivity index (χ2v) is 4.33. The maximum Gasteiger partial charge on any atom is 0.0870 e. The Morgan fingerprint density at radius 3 is 2.23 bits per heavy atom. The predicted octanol–water partition coefficient (Wildman–Crippen LogP) is 2.45. The molecule has 3 heteroatoms. The molecule has 0 saturated heterocycles. The van der Waals surface area contributed by atoms with Crippen molar-refractivity contribution in [2.24, 2.45) is 5.41 Å². The highest BCUT2D eigenvalue weighted by Crippen LogP contribution is 2.23. The van der Waals surface area contributed by atoms with Crippen molar-refractivity contribution in [3.8, 4) is 0 Å². The predicted molar refractivity (Wildman–Crippen MR) is 52.5 cm³/mol. The van der Waals surface area contributed by atoms with Crippen LogP contribution >= 0.6 is 0 Å². The second-order valence-electron chi connectivity index (χ2n) is 4.33. The van der Waals surface area contributed by atoms with Crippen LogP contribution in [-0.4, -0.2) is 23.6 Å². The van der Waals surface area contributed by atoms with Gasteiger partial charge in [0.2, 0.25) is 0 Å². The first kappa shape index (κ1) is 12.9. The highest BCUT2D eigenvalue weighted by molar-refractivity contribution is 4.66. The quantitative estimate of drug-likeness (QED) is 0.351. The van der Waals surface area contributed by atoms with E-state index in [1.165, 1.54) is 0 Å². The first-order chi connectivity index (χ1) is 6.12. The van der Waals surface area contributed by atoms with Gasteiger partial charge >= 0.3 is 0 Å². The van der Waals surface area contributed by atoms with Crippen LogP contribution in [0.4, 0.5) is 0 Å². The zero-order chi connectivity index (χ0) is 10.2. The molecule has 0 heterocycles. The van der Waals surface area contributed by atoms with E-state index in [2.05, 4.69) is 18.7 Å². The molecule has 0 fully saturated rings. The summed E-state index contributed by atoms with van der Waals surface area (Å²) in [4.78, 5) is 4.14. The van der Waals surface area contributed by atoms with Crippen molar-refractivity contribution in [3.05, 3.63) is 0 Å². The Morgan fingerprint density at radius 1 is 1.08 bits per heavy atom. The molecule has 0 saturated carbocycles. The third-order valence-electron chi connectivity index (χ3n) is 2.22. The number of hydrogen-bond donors (Lipinski definition) is 2. The summed E-state index contributed by atoms with van der Waals surface area (Å²) in [6, 6.07) is 0. The van der Waals surface area contributed by atoms with Crippen molar-refractivity contribution >= 4 is 0 Å². The number of aliphatic hydroxyl groups excluding tert-OH is 1. The molecule has 0 amide bonds. The van der Waals surface area contributed by atoms with Crippen molar-refractivity contribution < 1.29 is 15.3 Å². The highest BCUT2D eigenvalue weighted by Gasteiger charge is 2.17. The van der Waals surface area contributed by atoms with Gasteiger partial charge in [0.05, 0.1) is 6.61 Å². The van der Waals surface area contributed by atoms with Gasteiger partial charge in [-0.25, -0.2) is 4.89 Å². The standard InChI is InChI=1S/C10H22O3/c1-10(2,9-13-12)7-5-3-4-6-8-11/h11-12H,3-9H2,1-2H3. The fourth-order valence-electron chi connectivity index (χ4n) is 1.32. The fraction of sp³-hybridized carbons (Fsp3) is 1.00. The van der Waals surface area contributed by atoms with Crippen molar-refractivity contribution in [2.45, 2.75) is 46.0 Å². The smallest absolute Gasteiger partial charge is 0.0870 e. The Kier molecular flexibility index (Phi) is 7.23. The first-order valence-electron chi connectivity index (χ1n) is 4.99. The zero-order valence-electron chi connectivity index (χ0n) is 8.75. The van der Waals surface area contributed by atoms with Gasteiger partial charge in [0.15, 0.2) is 0 Å². The molecule has 0 radical (unpaired) electrons. The van der Waals surface area contributed by atoms with Gasteiger partial charge in [-0.1, -0.05) is 33.1 Å². The Bertz CT molecular complexity index is 113. The van der Waals surface area contributed by atoms with Gasteiger partial charge in [0.1, 0.15) is 0 Å². The second kappa shape index (κ2) is 7.30. The normalized spacial score (nSPS) is 12.0. The van der Waals surface area contributed by atoms with E-state index in [-0.39, 0.29) is 5.41 Å². The minimum atomic E-state index is 0.0635. The molecule has 2 N–H and O–H groups in total. The molecule has 3 nitrogen and oxygen atoms in total. The molecule has 0 aromatic carbocycles. The van der Waals surface area contributed by atoms with E-state index in [1.807, 2.05) is 0 Å². The molecule has 0 bridgehead atoms. The first-order valence-corrected chi connectivity index (χ1v) is 4.99. The van der Waals surface area contributed by atoms with Gasteiger partial charge in [-0.05, 0) is 18.3 Å². The van der Waals surface area contributed by atoms with Crippen LogP contribution < -0.4 is 0 Å². The summed E-state index contributed by atoms with van der Waals surface area (Å²) in [6.07, 6.45) is 5.33. The van der Waals surface area contributed by atoms with E-state index in [0.717, 1.165) is 32.1 Å². The van der Waals surface area contributed by atoms with Crippen LogP contribution in [0.5, 0.6) is 0 Å². The molecule has 0 rings (SSSR count). The van der Waals surface area contributed by atoms with Crippen molar-refractivity contribution in [3.63, 3.8) is 0 Å². The van der Waals surface area contributed by atoms with Crippen LogP contribution in [-0.2, 0) is 4.89 Å². The number of hydrogen-bond acceptors (Lipinski definition) is 3. The third kappa shape index (κ3) is 8.22. The molecular weight excluding hydrogens is 168 g/mol. The molecule has 0 unspecified atom stereocenters. The maximum absolute atomic E-state index is 8.56. The van der Waals surface area contributed by atoms with Crippen LogP contribution in [0.1, 0.15) is 46.0 Å². The maximum atomic E-state index is 8.56. The van der Waals surface area contributed by atoms with E-state index < -0.39 is 0 Å². The Labute approximate surface area is 80.7 Å². The molecule has 0 aliphatic heterocycles. The third-order valence-corrected chi connectivity index (χ3v) is 2.22. The zero-order valence-corrected chi connectivity index (χ0v) is 8.75. The van der Waals surface area contributed by atoms with Gasteiger partial charge in [-0.15, -0.1) is 0 Å². The SMILES string of the molecule is CC(C)(CCCCCCO)COO. The van der Waals surface area contributed by atoms with Crippen LogP contribution in [0.3, 0.4) is 0 Å². The summed E-state index contributed by atoms with van der Waals surface area (Å²) in [5.74, 6) is 0. The summed E-state index contributed by atoms with van der Waals surface area (Å²) >= 11 is 0. The van der Waals surface area contributed by atoms with E-state index in [9.17, 15) is 0 Å². The van der Waals surface area contributed by atoms with Crippen LogP contribution in [0, 0.1) is 5.41 Å². The van der Waals surface area contributed by atoms with E-state index in [0.29, 0.717) is 13.2 Å². The molecular formula is C10H22O3. The lowest BCUT2D eigenvalue weighted by molar-refractivity contribution is -0.260. The molecule has 13 heavy (non-hydrogen) atoms. The lowest BCUT2D eigenvalue weighted by atomic mass is 9.88. The average molecular weight is 190 g/mol. The van der Waals surface area contributed by atoms with Crippen molar-refractivity contribution in [1.29, 1.82) is 0 Å². The number of unbranched alkanes of at least 4 members (excludes halogenated alkanes) is 3. The Balaban J connectivity index is 3.29. The molecule has 0 aromatic heterocycles. The summed E-state index contributed by atoms with van der Waals surface area (Å²) in [5, 5.41) is 16.9. The lowest BCUT2D eigenvalue weighted by Gasteiger charge is -2.21. The van der Waals surface area contributed by atoms with Crippen LogP contribution in [0.2, 0.25) is 0 Å². The van der Waals surface area contributed by atoms with Crippen LogP contribution in [0.15, 0.2) is 0 Å². The van der Waals surface area contributed by atoms with Crippen LogP contribution in [0.25, 0.3) is 0 Å². The van der Waals surface area contributed by atoms with Gasteiger partial charge in [0, 0.05) is 6.61 Å². The van der Waals surface area contributed by atoms with Crippen molar-refractivity contribution in [2.75, 3.05) is 13.2 Å².